The molecular formula is C12H14O7S3-2. The van der Waals surface area contributed by atoms with Gasteiger partial charge in [0.15, 0.2) is 0 Å². The van der Waals surface area contributed by atoms with E-state index >= 15 is 0 Å². The third kappa shape index (κ3) is 4.00. The molecule has 5 atom stereocenters. The number of hydrogen-bond donors (Lipinski definition) is 1. The number of benzene rings is 1. The zero-order valence-corrected chi connectivity index (χ0v) is 13.7. The van der Waals surface area contributed by atoms with Crippen molar-refractivity contribution in [2.24, 2.45) is 0 Å². The molecule has 1 N–H and O–H groups in total. The molecule has 0 amide bonds. The van der Waals surface area contributed by atoms with Crippen molar-refractivity contribution in [3.8, 4) is 0 Å². The quantitative estimate of drug-likeness (QED) is 0.612. The summed E-state index contributed by atoms with van der Waals surface area (Å²) >= 11 is -4.86. The van der Waals surface area contributed by atoms with Crippen LogP contribution in [0.15, 0.2) is 29.2 Å². The van der Waals surface area contributed by atoms with Gasteiger partial charge in [-0.3, -0.25) is 13.0 Å². The molecule has 10 heteroatoms. The summed E-state index contributed by atoms with van der Waals surface area (Å²) in [5, 5.41) is -2.02. The second kappa shape index (κ2) is 6.85. The Kier molecular flexibility index (Phi) is 5.51. The van der Waals surface area contributed by atoms with Crippen LogP contribution in [-0.2, 0) is 32.3 Å². The Labute approximate surface area is 133 Å². The SMILES string of the molecule is O=S([O-])c1ccc(C2CCC(S(=O)(=O)O)CC2S(=O)[O-])cc1. The summed E-state index contributed by atoms with van der Waals surface area (Å²) in [6.07, 6.45) is 0.268. The van der Waals surface area contributed by atoms with E-state index in [2.05, 4.69) is 0 Å². The van der Waals surface area contributed by atoms with Crippen LogP contribution in [0.1, 0.15) is 30.7 Å². The first-order chi connectivity index (χ1) is 10.2. The third-order valence-electron chi connectivity index (χ3n) is 3.91. The second-order valence-electron chi connectivity index (χ2n) is 5.16. The van der Waals surface area contributed by atoms with Crippen LogP contribution >= 0.6 is 0 Å². The minimum absolute atomic E-state index is 0.0927. The van der Waals surface area contributed by atoms with Crippen molar-refractivity contribution in [1.82, 2.24) is 0 Å². The minimum atomic E-state index is -4.27. The van der Waals surface area contributed by atoms with Crippen LogP contribution in [0.3, 0.4) is 0 Å². The van der Waals surface area contributed by atoms with E-state index in [1.165, 1.54) is 24.3 Å². The Bertz CT molecular complexity index is 683. The summed E-state index contributed by atoms with van der Waals surface area (Å²) in [6, 6.07) is 5.81. The summed E-state index contributed by atoms with van der Waals surface area (Å²) in [5.74, 6) is -0.425. The predicted molar refractivity (Wildman–Crippen MR) is 78.3 cm³/mol. The van der Waals surface area contributed by atoms with Crippen LogP contribution in [0.25, 0.3) is 0 Å². The lowest BCUT2D eigenvalue weighted by molar-refractivity contribution is 0.392. The highest BCUT2D eigenvalue weighted by Gasteiger charge is 2.37. The molecule has 5 unspecified atom stereocenters. The molecule has 1 aromatic carbocycles. The fraction of sp³-hybridized carbons (Fsp3) is 0.500. The molecule has 2 rings (SSSR count). The minimum Gasteiger partial charge on any atom is -0.772 e. The molecule has 0 heterocycles. The van der Waals surface area contributed by atoms with E-state index in [0.717, 1.165) is 0 Å². The fourth-order valence-electron chi connectivity index (χ4n) is 2.78. The lowest BCUT2D eigenvalue weighted by Gasteiger charge is -2.36. The number of rotatable bonds is 4. The van der Waals surface area contributed by atoms with Gasteiger partial charge in [-0.1, -0.05) is 23.2 Å². The van der Waals surface area contributed by atoms with Gasteiger partial charge in [-0.05, 0) is 54.0 Å². The first-order valence-electron chi connectivity index (χ1n) is 6.43. The van der Waals surface area contributed by atoms with Gasteiger partial charge in [0, 0.05) is 10.1 Å². The van der Waals surface area contributed by atoms with E-state index in [9.17, 15) is 25.9 Å². The summed E-state index contributed by atoms with van der Waals surface area (Å²) in [7, 11) is -4.27. The molecule has 1 aliphatic carbocycles. The fourth-order valence-corrected chi connectivity index (χ4v) is 5.10. The molecule has 7 nitrogen and oxygen atoms in total. The summed E-state index contributed by atoms with van der Waals surface area (Å²) < 4.78 is 76.0. The molecular weight excluding hydrogens is 352 g/mol. The molecule has 1 saturated carbocycles. The Balaban J connectivity index is 2.26. The highest BCUT2D eigenvalue weighted by Crippen LogP contribution is 2.38. The summed E-state index contributed by atoms with van der Waals surface area (Å²) in [4.78, 5) is 0.0927. The van der Waals surface area contributed by atoms with Crippen LogP contribution in [0, 0.1) is 0 Å². The maximum absolute atomic E-state index is 11.4. The summed E-state index contributed by atoms with van der Waals surface area (Å²) in [5.41, 5.74) is 0.636. The van der Waals surface area contributed by atoms with E-state index in [1.807, 2.05) is 0 Å². The second-order valence-corrected chi connectivity index (χ2v) is 8.92. The predicted octanol–water partition coefficient (Wildman–Crippen LogP) is 0.696. The van der Waals surface area contributed by atoms with Gasteiger partial charge in [-0.25, -0.2) is 0 Å². The molecule has 0 spiro atoms. The molecule has 1 aliphatic rings. The van der Waals surface area contributed by atoms with Crippen LogP contribution in [0.5, 0.6) is 0 Å². The van der Waals surface area contributed by atoms with Crippen molar-refractivity contribution >= 4 is 32.3 Å². The van der Waals surface area contributed by atoms with Gasteiger partial charge in [0.05, 0.1) is 5.25 Å². The van der Waals surface area contributed by atoms with Gasteiger partial charge in [0.1, 0.15) is 0 Å². The Morgan fingerprint density at radius 1 is 1.09 bits per heavy atom. The molecule has 0 radical (unpaired) electrons. The smallest absolute Gasteiger partial charge is 0.267 e. The van der Waals surface area contributed by atoms with Crippen LogP contribution < -0.4 is 0 Å². The lowest BCUT2D eigenvalue weighted by atomic mass is 9.83. The average molecular weight is 366 g/mol. The highest BCUT2D eigenvalue weighted by molar-refractivity contribution is 7.86. The van der Waals surface area contributed by atoms with Gasteiger partial charge in [0.2, 0.25) is 0 Å². The summed E-state index contributed by atoms with van der Waals surface area (Å²) in [6.45, 7) is 0. The molecule has 0 bridgehead atoms. The standard InChI is InChI=1S/C12H16O7S3/c13-20(14)9-3-1-8(2-4-9)11-6-5-10(22(17,18)19)7-12(11)21(15)16/h1-4,10-12H,5-7H2,(H,13,14)(H,15,16)(H,17,18,19)/p-2. The number of hydrogen-bond acceptors (Lipinski definition) is 6. The van der Waals surface area contributed by atoms with Crippen molar-refractivity contribution < 1.29 is 30.5 Å². The van der Waals surface area contributed by atoms with Crippen molar-refractivity contribution in [3.05, 3.63) is 29.8 Å². The lowest BCUT2D eigenvalue weighted by Crippen LogP contribution is -2.37. The van der Waals surface area contributed by atoms with Crippen molar-refractivity contribution in [3.63, 3.8) is 0 Å². The van der Waals surface area contributed by atoms with Crippen LogP contribution in [0.4, 0.5) is 0 Å². The Morgan fingerprint density at radius 2 is 1.68 bits per heavy atom. The zero-order chi connectivity index (χ0) is 16.5. The zero-order valence-electron chi connectivity index (χ0n) is 11.3. The largest absolute Gasteiger partial charge is 0.772 e. The van der Waals surface area contributed by atoms with Crippen LogP contribution in [0.2, 0.25) is 0 Å². The maximum atomic E-state index is 11.4. The monoisotopic (exact) mass is 366 g/mol. The van der Waals surface area contributed by atoms with Gasteiger partial charge in [-0.15, -0.1) is 0 Å². The molecule has 1 aromatic rings. The normalized spacial score (nSPS) is 29.0. The van der Waals surface area contributed by atoms with E-state index in [1.54, 1.807) is 0 Å². The van der Waals surface area contributed by atoms with E-state index in [0.29, 0.717) is 5.56 Å². The Morgan fingerprint density at radius 3 is 2.14 bits per heavy atom. The van der Waals surface area contributed by atoms with Gasteiger partial charge < -0.3 is 9.11 Å². The Hall–Kier alpha value is -0.650. The van der Waals surface area contributed by atoms with Crippen LogP contribution in [-0.4, -0.2) is 41.0 Å². The third-order valence-corrected chi connectivity index (χ3v) is 6.86. The first kappa shape index (κ1) is 17.7. The van der Waals surface area contributed by atoms with E-state index in [-0.39, 0.29) is 24.2 Å². The van der Waals surface area contributed by atoms with Gasteiger partial charge in [-0.2, -0.15) is 8.42 Å². The highest BCUT2D eigenvalue weighted by atomic mass is 32.2. The molecule has 0 saturated heterocycles. The van der Waals surface area contributed by atoms with E-state index < -0.39 is 48.7 Å². The maximum Gasteiger partial charge on any atom is 0.267 e. The average Bonchev–Trinajstić information content (AvgIpc) is 2.45. The van der Waals surface area contributed by atoms with Gasteiger partial charge in [0.25, 0.3) is 10.1 Å². The molecule has 0 aliphatic heterocycles. The molecule has 0 aromatic heterocycles. The molecule has 22 heavy (non-hydrogen) atoms. The van der Waals surface area contributed by atoms with E-state index in [4.69, 9.17) is 4.55 Å². The topological polar surface area (TPSA) is 135 Å². The molecule has 124 valence electrons. The molecule has 1 fully saturated rings. The van der Waals surface area contributed by atoms with Crippen molar-refractivity contribution in [1.29, 1.82) is 0 Å². The first-order valence-corrected chi connectivity index (χ1v) is 10.2. The van der Waals surface area contributed by atoms with Crippen molar-refractivity contribution in [2.75, 3.05) is 0 Å². The van der Waals surface area contributed by atoms with Gasteiger partial charge >= 0.3 is 0 Å². The van der Waals surface area contributed by atoms with Crippen molar-refractivity contribution in [2.45, 2.75) is 40.6 Å².